The fourth-order valence-corrected chi connectivity index (χ4v) is 1.58. The minimum atomic E-state index is 0.532. The van der Waals surface area contributed by atoms with Gasteiger partial charge in [0.25, 0.3) is 0 Å². The molecule has 82 valence electrons. The zero-order chi connectivity index (χ0) is 10.4. The lowest BCUT2D eigenvalue weighted by atomic mass is 10.2. The summed E-state index contributed by atoms with van der Waals surface area (Å²) < 4.78 is 5.30. The molecule has 1 heterocycles. The van der Waals surface area contributed by atoms with E-state index < -0.39 is 0 Å². The molecule has 1 N–H and O–H groups in total. The molecule has 0 aromatic heterocycles. The molecule has 1 fully saturated rings. The Labute approximate surface area is 87.1 Å². The van der Waals surface area contributed by atoms with E-state index in [4.69, 9.17) is 4.74 Å². The third-order valence-corrected chi connectivity index (χ3v) is 2.39. The molecule has 1 saturated heterocycles. The predicted molar refractivity (Wildman–Crippen MR) is 59.5 cm³/mol. The first kappa shape index (κ1) is 11.7. The zero-order valence-electron chi connectivity index (χ0n) is 9.38. The van der Waals surface area contributed by atoms with Crippen molar-refractivity contribution in [2.24, 2.45) is 0 Å². The minimum Gasteiger partial charge on any atom is -0.379 e. The molecule has 0 saturated carbocycles. The number of hydrogen-bond acceptors (Lipinski definition) is 3. The van der Waals surface area contributed by atoms with E-state index in [1.54, 1.807) is 0 Å². The van der Waals surface area contributed by atoms with Crippen molar-refractivity contribution in [1.82, 2.24) is 10.2 Å². The normalized spacial score (nSPS) is 20.7. The summed E-state index contributed by atoms with van der Waals surface area (Å²) in [6.45, 7) is 14.1. The van der Waals surface area contributed by atoms with Crippen LogP contribution in [-0.2, 0) is 4.74 Å². The average Bonchev–Trinajstić information content (AvgIpc) is 2.16. The minimum absolute atomic E-state index is 0.532. The van der Waals surface area contributed by atoms with Gasteiger partial charge >= 0.3 is 0 Å². The molecule has 1 aliphatic heterocycles. The van der Waals surface area contributed by atoms with Crippen molar-refractivity contribution in [3.63, 3.8) is 0 Å². The highest BCUT2D eigenvalue weighted by atomic mass is 16.5. The zero-order valence-corrected chi connectivity index (χ0v) is 9.38. The van der Waals surface area contributed by atoms with Crippen molar-refractivity contribution in [2.75, 3.05) is 39.4 Å². The van der Waals surface area contributed by atoms with Crippen LogP contribution in [0.1, 0.15) is 13.8 Å². The van der Waals surface area contributed by atoms with Crippen LogP contribution in [0.4, 0.5) is 0 Å². The molecule has 0 aliphatic carbocycles. The number of ether oxygens (including phenoxy) is 1. The Bertz CT molecular complexity index is 176. The number of morpholine rings is 1. The van der Waals surface area contributed by atoms with Crippen LogP contribution in [0, 0.1) is 0 Å². The molecular weight excluding hydrogens is 176 g/mol. The molecule has 1 atom stereocenters. The molecule has 0 spiro atoms. The van der Waals surface area contributed by atoms with Gasteiger partial charge in [0.05, 0.1) is 13.2 Å². The van der Waals surface area contributed by atoms with E-state index in [1.807, 2.05) is 0 Å². The second kappa shape index (κ2) is 6.17. The van der Waals surface area contributed by atoms with Crippen molar-refractivity contribution in [1.29, 1.82) is 0 Å². The van der Waals surface area contributed by atoms with Gasteiger partial charge < -0.3 is 10.1 Å². The molecule has 0 bridgehead atoms. The quantitative estimate of drug-likeness (QED) is 0.664. The van der Waals surface area contributed by atoms with Gasteiger partial charge in [-0.15, -0.1) is 0 Å². The Morgan fingerprint density at radius 1 is 1.50 bits per heavy atom. The summed E-state index contributed by atoms with van der Waals surface area (Å²) in [6, 6.07) is 0.532. The van der Waals surface area contributed by atoms with Crippen LogP contribution in [-0.4, -0.2) is 50.3 Å². The van der Waals surface area contributed by atoms with Gasteiger partial charge in [-0.05, 0) is 13.8 Å². The van der Waals surface area contributed by atoms with E-state index >= 15 is 0 Å². The summed E-state index contributed by atoms with van der Waals surface area (Å²) >= 11 is 0. The Balaban J connectivity index is 2.11. The number of rotatable bonds is 5. The topological polar surface area (TPSA) is 24.5 Å². The van der Waals surface area contributed by atoms with Crippen LogP contribution in [0.25, 0.3) is 0 Å². The average molecular weight is 198 g/mol. The first-order valence-corrected chi connectivity index (χ1v) is 5.36. The van der Waals surface area contributed by atoms with Crippen molar-refractivity contribution in [3.05, 3.63) is 12.2 Å². The van der Waals surface area contributed by atoms with Crippen molar-refractivity contribution in [3.8, 4) is 0 Å². The van der Waals surface area contributed by atoms with Gasteiger partial charge in [-0.25, -0.2) is 0 Å². The van der Waals surface area contributed by atoms with Gasteiger partial charge in [-0.3, -0.25) is 4.90 Å². The maximum Gasteiger partial charge on any atom is 0.0594 e. The van der Waals surface area contributed by atoms with Crippen LogP contribution in [0.3, 0.4) is 0 Å². The highest BCUT2D eigenvalue weighted by molar-refractivity contribution is 4.91. The monoisotopic (exact) mass is 198 g/mol. The number of hydrogen-bond donors (Lipinski definition) is 1. The molecule has 0 aromatic carbocycles. The lowest BCUT2D eigenvalue weighted by Gasteiger charge is -2.29. The second-order valence-corrected chi connectivity index (χ2v) is 4.15. The molecule has 1 unspecified atom stereocenters. The Kier molecular flexibility index (Phi) is 5.15. The van der Waals surface area contributed by atoms with Gasteiger partial charge in [-0.1, -0.05) is 12.2 Å². The van der Waals surface area contributed by atoms with Gasteiger partial charge in [0, 0.05) is 32.2 Å². The highest BCUT2D eigenvalue weighted by Gasteiger charge is 2.12. The summed E-state index contributed by atoms with van der Waals surface area (Å²) in [5, 5.41) is 3.45. The fourth-order valence-electron chi connectivity index (χ4n) is 1.58. The van der Waals surface area contributed by atoms with E-state index in [-0.39, 0.29) is 0 Å². The second-order valence-electron chi connectivity index (χ2n) is 4.15. The predicted octanol–water partition coefficient (Wildman–Crippen LogP) is 0.873. The summed E-state index contributed by atoms with van der Waals surface area (Å²) in [4.78, 5) is 2.44. The Morgan fingerprint density at radius 2 is 2.14 bits per heavy atom. The van der Waals surface area contributed by atoms with Crippen LogP contribution < -0.4 is 5.32 Å². The van der Waals surface area contributed by atoms with Gasteiger partial charge in [0.15, 0.2) is 0 Å². The lowest BCUT2D eigenvalue weighted by molar-refractivity contribution is 0.0345. The molecule has 14 heavy (non-hydrogen) atoms. The SMILES string of the molecule is C=C(C)CNC(C)CN1CCOCC1. The van der Waals surface area contributed by atoms with E-state index in [1.165, 1.54) is 5.57 Å². The van der Waals surface area contributed by atoms with Crippen LogP contribution in [0.2, 0.25) is 0 Å². The summed E-state index contributed by atoms with van der Waals surface area (Å²) in [5.74, 6) is 0. The third-order valence-electron chi connectivity index (χ3n) is 2.39. The molecule has 1 aliphatic rings. The summed E-state index contributed by atoms with van der Waals surface area (Å²) in [5.41, 5.74) is 1.19. The maximum absolute atomic E-state index is 5.30. The highest BCUT2D eigenvalue weighted by Crippen LogP contribution is 1.98. The summed E-state index contributed by atoms with van der Waals surface area (Å²) in [6.07, 6.45) is 0. The van der Waals surface area contributed by atoms with Crippen molar-refractivity contribution < 1.29 is 4.74 Å². The molecular formula is C11H22N2O. The standard InChI is InChI=1S/C11H22N2O/c1-10(2)8-12-11(3)9-13-4-6-14-7-5-13/h11-12H,1,4-9H2,2-3H3. The first-order valence-electron chi connectivity index (χ1n) is 5.36. The smallest absolute Gasteiger partial charge is 0.0594 e. The van der Waals surface area contributed by atoms with Crippen LogP contribution >= 0.6 is 0 Å². The van der Waals surface area contributed by atoms with E-state index in [0.29, 0.717) is 6.04 Å². The van der Waals surface area contributed by atoms with E-state index in [0.717, 1.165) is 39.4 Å². The molecule has 3 heteroatoms. The number of nitrogens with zero attached hydrogens (tertiary/aromatic N) is 1. The third kappa shape index (κ3) is 4.74. The van der Waals surface area contributed by atoms with Crippen molar-refractivity contribution >= 4 is 0 Å². The van der Waals surface area contributed by atoms with Gasteiger partial charge in [0.1, 0.15) is 0 Å². The number of nitrogens with one attached hydrogen (secondary N) is 1. The van der Waals surface area contributed by atoms with Crippen molar-refractivity contribution in [2.45, 2.75) is 19.9 Å². The van der Waals surface area contributed by atoms with Crippen LogP contribution in [0.15, 0.2) is 12.2 Å². The first-order chi connectivity index (χ1) is 6.68. The largest absolute Gasteiger partial charge is 0.379 e. The molecule has 3 nitrogen and oxygen atoms in total. The van der Waals surface area contributed by atoms with Gasteiger partial charge in [0.2, 0.25) is 0 Å². The fraction of sp³-hybridized carbons (Fsp3) is 0.818. The summed E-state index contributed by atoms with van der Waals surface area (Å²) in [7, 11) is 0. The molecule has 0 radical (unpaired) electrons. The Morgan fingerprint density at radius 3 is 2.71 bits per heavy atom. The van der Waals surface area contributed by atoms with Crippen LogP contribution in [0.5, 0.6) is 0 Å². The Hall–Kier alpha value is -0.380. The van der Waals surface area contributed by atoms with Gasteiger partial charge in [-0.2, -0.15) is 0 Å². The maximum atomic E-state index is 5.30. The van der Waals surface area contributed by atoms with E-state index in [2.05, 4.69) is 30.6 Å². The lowest BCUT2D eigenvalue weighted by Crippen LogP contribution is -2.44. The molecule has 1 rings (SSSR count). The van der Waals surface area contributed by atoms with E-state index in [9.17, 15) is 0 Å². The molecule has 0 aromatic rings. The molecule has 0 amide bonds.